The summed E-state index contributed by atoms with van der Waals surface area (Å²) in [5, 5.41) is 37.6. The number of phenols is 1. The highest BCUT2D eigenvalue weighted by Gasteiger charge is 2.39. The molecule has 154 valence electrons. The summed E-state index contributed by atoms with van der Waals surface area (Å²) in [5.41, 5.74) is -0.222. The highest BCUT2D eigenvalue weighted by molar-refractivity contribution is 7.89. The normalized spacial score (nSPS) is 15.0. The van der Waals surface area contributed by atoms with Crippen molar-refractivity contribution in [2.45, 2.75) is 23.7 Å². The molecule has 0 aliphatic carbocycles. The summed E-state index contributed by atoms with van der Waals surface area (Å²) in [5.74, 6) is -2.02. The third kappa shape index (κ3) is 4.51. The second-order valence-electron chi connectivity index (χ2n) is 6.52. The van der Waals surface area contributed by atoms with Gasteiger partial charge in [-0.05, 0) is 36.5 Å². The van der Waals surface area contributed by atoms with Crippen molar-refractivity contribution in [3.63, 3.8) is 0 Å². The Kier molecular flexibility index (Phi) is 6.08. The minimum atomic E-state index is -3.71. The highest BCUT2D eigenvalue weighted by Crippen LogP contribution is 2.34. The SMILES string of the molecule is O=C(O)c1c(OC2CN(S(=O)(=O)c3cccnc3)C2)ccc(CCB(O)O)c1O. The number of nitrogens with zero attached hydrogens (tertiary/aromatic N) is 2. The number of rotatable bonds is 8. The van der Waals surface area contributed by atoms with Crippen molar-refractivity contribution >= 4 is 23.1 Å². The maximum absolute atomic E-state index is 12.5. The van der Waals surface area contributed by atoms with Crippen LogP contribution in [0.4, 0.5) is 0 Å². The minimum Gasteiger partial charge on any atom is -0.507 e. The third-order valence-corrected chi connectivity index (χ3v) is 6.30. The number of hydrogen-bond acceptors (Lipinski definition) is 8. The van der Waals surface area contributed by atoms with E-state index >= 15 is 0 Å². The van der Waals surface area contributed by atoms with Gasteiger partial charge in [-0.25, -0.2) is 13.2 Å². The molecule has 0 saturated carbocycles. The predicted molar refractivity (Wildman–Crippen MR) is 101 cm³/mol. The number of carboxylic acid groups (broad SMARTS) is 1. The molecule has 2 heterocycles. The van der Waals surface area contributed by atoms with E-state index in [0.717, 1.165) is 0 Å². The van der Waals surface area contributed by atoms with E-state index in [0.29, 0.717) is 0 Å². The number of ether oxygens (including phenoxy) is 1. The predicted octanol–water partition coefficient (Wildman–Crippen LogP) is -0.0474. The molecule has 3 rings (SSSR count). The van der Waals surface area contributed by atoms with E-state index in [1.165, 1.54) is 41.0 Å². The Morgan fingerprint density at radius 2 is 2.00 bits per heavy atom. The molecule has 1 fully saturated rings. The molecular formula is C17H19BN2O8S. The number of benzene rings is 1. The summed E-state index contributed by atoms with van der Waals surface area (Å²) in [7, 11) is -5.29. The molecule has 0 radical (unpaired) electrons. The van der Waals surface area contributed by atoms with E-state index in [9.17, 15) is 23.4 Å². The Morgan fingerprint density at radius 3 is 2.59 bits per heavy atom. The van der Waals surface area contributed by atoms with Crippen molar-refractivity contribution in [2.24, 2.45) is 0 Å². The number of aromatic nitrogens is 1. The average molecular weight is 422 g/mol. The van der Waals surface area contributed by atoms with Gasteiger partial charge >= 0.3 is 13.1 Å². The molecule has 0 bridgehead atoms. The summed E-state index contributed by atoms with van der Waals surface area (Å²) in [6.45, 7) is 0.0466. The lowest BCUT2D eigenvalue weighted by atomic mass is 9.82. The zero-order valence-corrected chi connectivity index (χ0v) is 16.0. The maximum Gasteiger partial charge on any atom is 0.451 e. The zero-order valence-electron chi connectivity index (χ0n) is 15.2. The van der Waals surface area contributed by atoms with Crippen LogP contribution in [0.3, 0.4) is 0 Å². The van der Waals surface area contributed by atoms with E-state index in [1.807, 2.05) is 0 Å². The van der Waals surface area contributed by atoms with Crippen molar-refractivity contribution in [3.05, 3.63) is 47.8 Å². The molecule has 1 aromatic heterocycles. The first-order chi connectivity index (χ1) is 13.7. The minimum absolute atomic E-state index is 0.0233. The van der Waals surface area contributed by atoms with Gasteiger partial charge in [-0.3, -0.25) is 4.98 Å². The molecule has 0 amide bonds. The number of aromatic carboxylic acids is 1. The monoisotopic (exact) mass is 422 g/mol. The Balaban J connectivity index is 1.72. The first-order valence-electron chi connectivity index (χ1n) is 8.71. The van der Waals surface area contributed by atoms with E-state index in [-0.39, 0.29) is 42.0 Å². The first-order valence-corrected chi connectivity index (χ1v) is 10.1. The van der Waals surface area contributed by atoms with Crippen molar-refractivity contribution in [1.29, 1.82) is 0 Å². The fourth-order valence-corrected chi connectivity index (χ4v) is 4.37. The summed E-state index contributed by atoms with van der Waals surface area (Å²) < 4.78 is 31.7. The quantitative estimate of drug-likeness (QED) is 0.428. The van der Waals surface area contributed by atoms with Crippen LogP contribution in [0.15, 0.2) is 41.6 Å². The van der Waals surface area contributed by atoms with Gasteiger partial charge in [0.15, 0.2) is 0 Å². The number of aromatic hydroxyl groups is 1. The lowest BCUT2D eigenvalue weighted by molar-refractivity contribution is 0.0631. The molecule has 1 aromatic carbocycles. The van der Waals surface area contributed by atoms with Gasteiger partial charge in [-0.2, -0.15) is 4.31 Å². The summed E-state index contributed by atoms with van der Waals surface area (Å²) in [6.07, 6.45) is 2.11. The van der Waals surface area contributed by atoms with Crippen LogP contribution >= 0.6 is 0 Å². The van der Waals surface area contributed by atoms with Gasteiger partial charge in [0.2, 0.25) is 10.0 Å². The lowest BCUT2D eigenvalue weighted by Crippen LogP contribution is -2.56. The fraction of sp³-hybridized carbons (Fsp3) is 0.294. The largest absolute Gasteiger partial charge is 0.507 e. The lowest BCUT2D eigenvalue weighted by Gasteiger charge is -2.38. The Morgan fingerprint density at radius 1 is 1.28 bits per heavy atom. The number of carboxylic acids is 1. The molecule has 1 aliphatic rings. The van der Waals surface area contributed by atoms with Crippen LogP contribution in [0.2, 0.25) is 6.32 Å². The molecule has 1 aliphatic heterocycles. The van der Waals surface area contributed by atoms with E-state index in [1.54, 1.807) is 0 Å². The Labute approximate surface area is 167 Å². The van der Waals surface area contributed by atoms with Crippen LogP contribution in [-0.4, -0.2) is 70.2 Å². The average Bonchev–Trinajstić information content (AvgIpc) is 2.63. The number of aryl methyl sites for hydroxylation is 1. The molecule has 0 spiro atoms. The van der Waals surface area contributed by atoms with Gasteiger partial charge in [0.1, 0.15) is 28.1 Å². The van der Waals surface area contributed by atoms with Crippen molar-refractivity contribution < 1.29 is 38.2 Å². The Hall–Kier alpha value is -2.67. The van der Waals surface area contributed by atoms with Gasteiger partial charge in [-0.1, -0.05) is 6.07 Å². The molecule has 1 saturated heterocycles. The zero-order chi connectivity index (χ0) is 21.2. The standard InChI is InChI=1S/C17H19BN2O8S/c21-16-11(5-6-18(24)25)3-4-14(15(16)17(22)23)28-12-9-20(10-12)29(26,27)13-2-1-7-19-8-13/h1-4,7-8,12,21,24-25H,5-6,9-10H2,(H,22,23). The molecular weight excluding hydrogens is 403 g/mol. The number of pyridine rings is 1. The molecule has 0 unspecified atom stereocenters. The third-order valence-electron chi connectivity index (χ3n) is 4.49. The highest BCUT2D eigenvalue weighted by atomic mass is 32.2. The molecule has 4 N–H and O–H groups in total. The van der Waals surface area contributed by atoms with E-state index in [2.05, 4.69) is 4.98 Å². The van der Waals surface area contributed by atoms with E-state index < -0.39 is 40.5 Å². The number of sulfonamides is 1. The van der Waals surface area contributed by atoms with Gasteiger partial charge in [0.05, 0.1) is 13.1 Å². The molecule has 10 nitrogen and oxygen atoms in total. The van der Waals surface area contributed by atoms with Gasteiger partial charge in [0.25, 0.3) is 0 Å². The summed E-state index contributed by atoms with van der Waals surface area (Å²) in [6, 6.07) is 5.74. The Bertz CT molecular complexity index is 994. The molecule has 12 heteroatoms. The van der Waals surface area contributed by atoms with Crippen molar-refractivity contribution in [1.82, 2.24) is 9.29 Å². The second-order valence-corrected chi connectivity index (χ2v) is 8.46. The van der Waals surface area contributed by atoms with Crippen LogP contribution in [-0.2, 0) is 16.4 Å². The summed E-state index contributed by atoms with van der Waals surface area (Å²) >= 11 is 0. The van der Waals surface area contributed by atoms with E-state index in [4.69, 9.17) is 14.8 Å². The molecule has 2 aromatic rings. The van der Waals surface area contributed by atoms with Crippen LogP contribution in [0.25, 0.3) is 0 Å². The summed E-state index contributed by atoms with van der Waals surface area (Å²) in [4.78, 5) is 15.4. The van der Waals surface area contributed by atoms with Crippen LogP contribution in [0, 0.1) is 0 Å². The van der Waals surface area contributed by atoms with Crippen LogP contribution in [0.1, 0.15) is 15.9 Å². The fourth-order valence-electron chi connectivity index (χ4n) is 2.91. The van der Waals surface area contributed by atoms with Crippen LogP contribution < -0.4 is 4.74 Å². The maximum atomic E-state index is 12.5. The molecule has 0 atom stereocenters. The topological polar surface area (TPSA) is 157 Å². The van der Waals surface area contributed by atoms with Gasteiger partial charge in [0, 0.05) is 12.4 Å². The first kappa shape index (κ1) is 21.1. The van der Waals surface area contributed by atoms with Gasteiger partial charge < -0.3 is 25.0 Å². The van der Waals surface area contributed by atoms with Crippen molar-refractivity contribution in [2.75, 3.05) is 13.1 Å². The van der Waals surface area contributed by atoms with Crippen LogP contribution in [0.5, 0.6) is 11.5 Å². The molecule has 29 heavy (non-hydrogen) atoms. The smallest absolute Gasteiger partial charge is 0.451 e. The second kappa shape index (κ2) is 8.37. The van der Waals surface area contributed by atoms with Crippen molar-refractivity contribution in [3.8, 4) is 11.5 Å². The van der Waals surface area contributed by atoms with Gasteiger partial charge in [-0.15, -0.1) is 0 Å². The number of carbonyl (C=O) groups is 1. The number of hydrogen-bond donors (Lipinski definition) is 4.